The molecule has 1 rings (SSSR count). The Labute approximate surface area is 159 Å². The maximum absolute atomic E-state index is 12.9. The Balaban J connectivity index is 3.35. The van der Waals surface area contributed by atoms with E-state index in [0.29, 0.717) is 9.80 Å². The molecule has 0 aliphatic heterocycles. The van der Waals surface area contributed by atoms with Crippen molar-refractivity contribution < 1.29 is 35.9 Å². The topological polar surface area (TPSA) is 40.6 Å². The Morgan fingerprint density at radius 1 is 0.750 bits per heavy atom. The molecule has 0 aromatic heterocycles. The SMILES string of the molecule is CC[C@@H](C)N(C(=O)C(F)(F)F)c1ccc(N(C(=O)C(F)(F)F)[C@H](C)CC)cc1. The van der Waals surface area contributed by atoms with Crippen molar-refractivity contribution in [3.05, 3.63) is 24.3 Å². The number of rotatable bonds is 6. The minimum atomic E-state index is -5.10. The maximum atomic E-state index is 12.9. The lowest BCUT2D eigenvalue weighted by Crippen LogP contribution is -2.47. The van der Waals surface area contributed by atoms with E-state index in [1.807, 2.05) is 0 Å². The molecule has 0 spiro atoms. The summed E-state index contributed by atoms with van der Waals surface area (Å²) in [6, 6.07) is 2.83. The largest absolute Gasteiger partial charge is 0.471 e. The highest BCUT2D eigenvalue weighted by molar-refractivity contribution is 5.99. The molecule has 4 nitrogen and oxygen atoms in total. The normalized spacial score (nSPS) is 14.4. The second-order valence-electron chi connectivity index (χ2n) is 6.38. The summed E-state index contributed by atoms with van der Waals surface area (Å²) in [7, 11) is 0. The third-order valence-electron chi connectivity index (χ3n) is 4.39. The van der Waals surface area contributed by atoms with E-state index in [9.17, 15) is 35.9 Å². The predicted molar refractivity (Wildman–Crippen MR) is 93.0 cm³/mol. The first kappa shape index (κ1) is 23.8. The van der Waals surface area contributed by atoms with Crippen molar-refractivity contribution in [2.24, 2.45) is 0 Å². The molecule has 0 aliphatic carbocycles. The van der Waals surface area contributed by atoms with Gasteiger partial charge in [-0.15, -0.1) is 0 Å². The summed E-state index contributed by atoms with van der Waals surface area (Å²) in [6.45, 7) is 6.05. The third kappa shape index (κ3) is 5.39. The minimum Gasteiger partial charge on any atom is -0.302 e. The standard InChI is InChI=1S/C18H22F6N2O2/c1-5-11(3)25(15(27)17(19,20)21)13-7-9-14(10-8-13)26(12(4)6-2)16(28)18(22,23)24/h7-12H,5-6H2,1-4H3/t11-,12-/m1/s1. The molecule has 2 amide bonds. The first-order valence-electron chi connectivity index (χ1n) is 8.66. The number of carbonyl (C=O) groups is 2. The second kappa shape index (κ2) is 8.83. The van der Waals surface area contributed by atoms with Gasteiger partial charge in [0.25, 0.3) is 0 Å². The highest BCUT2D eigenvalue weighted by Gasteiger charge is 2.45. The second-order valence-corrected chi connectivity index (χ2v) is 6.38. The van der Waals surface area contributed by atoms with Gasteiger partial charge in [-0.1, -0.05) is 13.8 Å². The monoisotopic (exact) mass is 412 g/mol. The fourth-order valence-electron chi connectivity index (χ4n) is 2.56. The molecule has 0 N–H and O–H groups in total. The summed E-state index contributed by atoms with van der Waals surface area (Å²) in [5, 5.41) is 0. The van der Waals surface area contributed by atoms with Crippen LogP contribution in [0.15, 0.2) is 24.3 Å². The van der Waals surface area contributed by atoms with Crippen LogP contribution in [0, 0.1) is 0 Å². The number of benzene rings is 1. The van der Waals surface area contributed by atoms with E-state index in [4.69, 9.17) is 0 Å². The van der Waals surface area contributed by atoms with Crippen LogP contribution >= 0.6 is 0 Å². The van der Waals surface area contributed by atoms with Crippen LogP contribution in [0.25, 0.3) is 0 Å². The average Bonchev–Trinajstić information content (AvgIpc) is 2.61. The van der Waals surface area contributed by atoms with Gasteiger partial charge in [0.2, 0.25) is 0 Å². The summed E-state index contributed by atoms with van der Waals surface area (Å²) >= 11 is 0. The van der Waals surface area contributed by atoms with E-state index in [0.717, 1.165) is 24.3 Å². The molecule has 1 aromatic carbocycles. The van der Waals surface area contributed by atoms with Crippen LogP contribution in [0.5, 0.6) is 0 Å². The van der Waals surface area contributed by atoms with Crippen molar-refractivity contribution in [2.75, 3.05) is 9.80 Å². The zero-order valence-corrected chi connectivity index (χ0v) is 15.9. The van der Waals surface area contributed by atoms with Crippen molar-refractivity contribution >= 4 is 23.2 Å². The molecule has 0 aliphatic rings. The molecule has 1 aromatic rings. The van der Waals surface area contributed by atoms with Crippen molar-refractivity contribution in [3.8, 4) is 0 Å². The predicted octanol–water partition coefficient (Wildman–Crippen LogP) is 5.07. The van der Waals surface area contributed by atoms with Gasteiger partial charge >= 0.3 is 24.2 Å². The number of anilines is 2. The van der Waals surface area contributed by atoms with Crippen LogP contribution in [-0.2, 0) is 9.59 Å². The lowest BCUT2D eigenvalue weighted by molar-refractivity contribution is -0.171. The molecular formula is C18H22F6N2O2. The lowest BCUT2D eigenvalue weighted by atomic mass is 10.1. The van der Waals surface area contributed by atoms with Crippen molar-refractivity contribution in [1.29, 1.82) is 0 Å². The molecule has 0 radical (unpaired) electrons. The average molecular weight is 412 g/mol. The molecule has 0 fully saturated rings. The Kier molecular flexibility index (Phi) is 7.50. The van der Waals surface area contributed by atoms with E-state index >= 15 is 0 Å². The Hall–Kier alpha value is -2.26. The zero-order valence-electron chi connectivity index (χ0n) is 15.9. The van der Waals surface area contributed by atoms with E-state index in [-0.39, 0.29) is 24.2 Å². The molecule has 28 heavy (non-hydrogen) atoms. The van der Waals surface area contributed by atoms with Gasteiger partial charge in [-0.3, -0.25) is 9.59 Å². The summed E-state index contributed by atoms with van der Waals surface area (Å²) in [4.78, 5) is 24.6. The van der Waals surface area contributed by atoms with Crippen LogP contribution < -0.4 is 9.80 Å². The van der Waals surface area contributed by atoms with Crippen molar-refractivity contribution in [3.63, 3.8) is 0 Å². The van der Waals surface area contributed by atoms with E-state index in [1.54, 1.807) is 13.8 Å². The van der Waals surface area contributed by atoms with Crippen LogP contribution in [0.2, 0.25) is 0 Å². The quantitative estimate of drug-likeness (QED) is 0.612. The van der Waals surface area contributed by atoms with Crippen LogP contribution in [0.1, 0.15) is 40.5 Å². The van der Waals surface area contributed by atoms with E-state index in [1.165, 1.54) is 13.8 Å². The van der Waals surface area contributed by atoms with Crippen LogP contribution in [0.3, 0.4) is 0 Å². The molecule has 0 unspecified atom stereocenters. The summed E-state index contributed by atoms with van der Waals surface area (Å²) in [5.41, 5.74) is -0.243. The van der Waals surface area contributed by atoms with Gasteiger partial charge in [0.1, 0.15) is 0 Å². The molecule has 0 bridgehead atoms. The van der Waals surface area contributed by atoms with Crippen LogP contribution in [-0.4, -0.2) is 36.3 Å². The Morgan fingerprint density at radius 2 is 1.00 bits per heavy atom. The summed E-state index contributed by atoms with van der Waals surface area (Å²) < 4.78 is 77.5. The first-order chi connectivity index (χ1) is 12.8. The van der Waals surface area contributed by atoms with Gasteiger partial charge in [-0.25, -0.2) is 0 Å². The fourth-order valence-corrected chi connectivity index (χ4v) is 2.56. The summed E-state index contributed by atoms with van der Waals surface area (Å²) in [5.74, 6) is -4.14. The van der Waals surface area contributed by atoms with Crippen molar-refractivity contribution in [2.45, 2.75) is 65.0 Å². The molecule has 10 heteroatoms. The minimum absolute atomic E-state index is 0.121. The summed E-state index contributed by atoms with van der Waals surface area (Å²) in [6.07, 6.45) is -9.74. The van der Waals surface area contributed by atoms with E-state index < -0.39 is 36.3 Å². The number of amides is 2. The molecule has 2 atom stereocenters. The highest BCUT2D eigenvalue weighted by Crippen LogP contribution is 2.31. The molecule has 158 valence electrons. The van der Waals surface area contributed by atoms with Gasteiger partial charge in [0.15, 0.2) is 0 Å². The third-order valence-corrected chi connectivity index (χ3v) is 4.39. The van der Waals surface area contributed by atoms with Gasteiger partial charge < -0.3 is 9.80 Å². The Bertz CT molecular complexity index is 626. The number of hydrogen-bond acceptors (Lipinski definition) is 2. The van der Waals surface area contributed by atoms with Gasteiger partial charge in [0, 0.05) is 23.5 Å². The number of carbonyl (C=O) groups excluding carboxylic acids is 2. The number of halogens is 6. The molecule has 0 heterocycles. The number of alkyl halides is 6. The number of hydrogen-bond donors (Lipinski definition) is 0. The van der Waals surface area contributed by atoms with Gasteiger partial charge in [-0.2, -0.15) is 26.3 Å². The maximum Gasteiger partial charge on any atom is 0.471 e. The fraction of sp³-hybridized carbons (Fsp3) is 0.556. The molecule has 0 saturated heterocycles. The van der Waals surface area contributed by atoms with Crippen molar-refractivity contribution in [1.82, 2.24) is 0 Å². The van der Waals surface area contributed by atoms with Crippen LogP contribution in [0.4, 0.5) is 37.7 Å². The smallest absolute Gasteiger partial charge is 0.302 e. The lowest BCUT2D eigenvalue weighted by Gasteiger charge is -2.31. The highest BCUT2D eigenvalue weighted by atomic mass is 19.4. The van der Waals surface area contributed by atoms with Gasteiger partial charge in [0.05, 0.1) is 0 Å². The number of nitrogens with zero attached hydrogens (tertiary/aromatic N) is 2. The first-order valence-corrected chi connectivity index (χ1v) is 8.66. The van der Waals surface area contributed by atoms with Gasteiger partial charge in [-0.05, 0) is 51.0 Å². The zero-order chi connectivity index (χ0) is 21.9. The Morgan fingerprint density at radius 3 is 1.18 bits per heavy atom. The molecular weight excluding hydrogens is 390 g/mol. The van der Waals surface area contributed by atoms with E-state index in [2.05, 4.69) is 0 Å². The molecule has 0 saturated carbocycles.